The van der Waals surface area contributed by atoms with Crippen molar-refractivity contribution in [2.75, 3.05) is 0 Å². The Morgan fingerprint density at radius 3 is 2.38 bits per heavy atom. The van der Waals surface area contributed by atoms with E-state index in [9.17, 15) is 0 Å². The van der Waals surface area contributed by atoms with Crippen LogP contribution in [0.1, 0.15) is 18.4 Å². The standard InChI is InChI=1S/C11H10BrN/c1-13-11(6-7-11)8-9-2-4-10(12)5-3-9/h2-5H,6-8H2. The Bertz CT molecular complexity index is 343. The zero-order valence-corrected chi connectivity index (χ0v) is 8.84. The molecule has 0 heterocycles. The predicted octanol–water partition coefficient (Wildman–Crippen LogP) is 3.44. The molecule has 0 aromatic heterocycles. The largest absolute Gasteiger partial charge is 0.310 e. The normalized spacial score (nSPS) is 17.8. The Labute approximate surface area is 86.7 Å². The lowest BCUT2D eigenvalue weighted by Gasteiger charge is -2.02. The van der Waals surface area contributed by atoms with Crippen molar-refractivity contribution in [2.45, 2.75) is 24.8 Å². The van der Waals surface area contributed by atoms with E-state index in [1.165, 1.54) is 5.56 Å². The molecule has 0 amide bonds. The van der Waals surface area contributed by atoms with Crippen LogP contribution < -0.4 is 0 Å². The smallest absolute Gasteiger partial charge is 0.237 e. The molecule has 0 N–H and O–H groups in total. The average molecular weight is 236 g/mol. The zero-order chi connectivity index (χ0) is 9.31. The van der Waals surface area contributed by atoms with Gasteiger partial charge in [0.05, 0.1) is 6.42 Å². The van der Waals surface area contributed by atoms with Crippen LogP contribution in [0.4, 0.5) is 0 Å². The summed E-state index contributed by atoms with van der Waals surface area (Å²) < 4.78 is 1.10. The molecular formula is C11H10BrN. The van der Waals surface area contributed by atoms with E-state index >= 15 is 0 Å². The van der Waals surface area contributed by atoms with Crippen molar-refractivity contribution in [3.8, 4) is 0 Å². The van der Waals surface area contributed by atoms with Crippen LogP contribution in [0.3, 0.4) is 0 Å². The molecule has 0 spiro atoms. The molecule has 1 nitrogen and oxygen atoms in total. The third-order valence-electron chi connectivity index (χ3n) is 2.51. The molecule has 0 unspecified atom stereocenters. The summed E-state index contributed by atoms with van der Waals surface area (Å²) in [5.74, 6) is 0. The minimum Gasteiger partial charge on any atom is -0.310 e. The minimum atomic E-state index is -0.0339. The molecule has 13 heavy (non-hydrogen) atoms. The number of benzene rings is 1. The first kappa shape index (κ1) is 8.77. The van der Waals surface area contributed by atoms with Crippen LogP contribution in [-0.2, 0) is 6.42 Å². The highest BCUT2D eigenvalue weighted by Crippen LogP contribution is 2.42. The second-order valence-electron chi connectivity index (χ2n) is 3.64. The van der Waals surface area contributed by atoms with Crippen LogP contribution in [0.5, 0.6) is 0 Å². The van der Waals surface area contributed by atoms with Gasteiger partial charge in [-0.3, -0.25) is 0 Å². The van der Waals surface area contributed by atoms with Gasteiger partial charge in [-0.15, -0.1) is 0 Å². The fourth-order valence-corrected chi connectivity index (χ4v) is 1.72. The predicted molar refractivity (Wildman–Crippen MR) is 56.4 cm³/mol. The molecule has 0 aliphatic heterocycles. The zero-order valence-electron chi connectivity index (χ0n) is 7.26. The Balaban J connectivity index is 2.11. The number of nitrogens with zero attached hydrogens (tertiary/aromatic N) is 1. The summed E-state index contributed by atoms with van der Waals surface area (Å²) in [5.41, 5.74) is 1.24. The van der Waals surface area contributed by atoms with Gasteiger partial charge in [-0.25, -0.2) is 6.57 Å². The van der Waals surface area contributed by atoms with Gasteiger partial charge in [0.1, 0.15) is 0 Å². The van der Waals surface area contributed by atoms with Crippen LogP contribution in [0.15, 0.2) is 28.7 Å². The summed E-state index contributed by atoms with van der Waals surface area (Å²) in [4.78, 5) is 3.69. The Kier molecular flexibility index (Phi) is 2.13. The van der Waals surface area contributed by atoms with Crippen LogP contribution >= 0.6 is 15.9 Å². The topological polar surface area (TPSA) is 4.36 Å². The van der Waals surface area contributed by atoms with Crippen molar-refractivity contribution >= 4 is 15.9 Å². The first-order valence-electron chi connectivity index (χ1n) is 4.37. The third-order valence-corrected chi connectivity index (χ3v) is 3.04. The van der Waals surface area contributed by atoms with Gasteiger partial charge >= 0.3 is 0 Å². The van der Waals surface area contributed by atoms with Crippen LogP contribution in [-0.4, -0.2) is 5.54 Å². The minimum absolute atomic E-state index is 0.0339. The Hall–Kier alpha value is -0.810. The number of hydrogen-bond acceptors (Lipinski definition) is 0. The summed E-state index contributed by atoms with van der Waals surface area (Å²) in [6, 6.07) is 8.26. The molecular weight excluding hydrogens is 226 g/mol. The maximum Gasteiger partial charge on any atom is 0.237 e. The molecule has 66 valence electrons. The number of rotatable bonds is 2. The third kappa shape index (κ3) is 1.92. The van der Waals surface area contributed by atoms with Gasteiger partial charge in [-0.05, 0) is 17.7 Å². The molecule has 0 bridgehead atoms. The van der Waals surface area contributed by atoms with Crippen molar-refractivity contribution in [1.29, 1.82) is 0 Å². The highest BCUT2D eigenvalue weighted by atomic mass is 79.9. The lowest BCUT2D eigenvalue weighted by Crippen LogP contribution is -2.05. The summed E-state index contributed by atoms with van der Waals surface area (Å²) in [5, 5.41) is 0. The summed E-state index contributed by atoms with van der Waals surface area (Å²) in [6.07, 6.45) is 3.07. The van der Waals surface area contributed by atoms with E-state index in [1.807, 2.05) is 12.1 Å². The van der Waals surface area contributed by atoms with Gasteiger partial charge in [0.25, 0.3) is 0 Å². The molecule has 1 aliphatic carbocycles. The molecule has 2 heteroatoms. The molecule has 0 radical (unpaired) electrons. The summed E-state index contributed by atoms with van der Waals surface area (Å²) >= 11 is 3.40. The lowest BCUT2D eigenvalue weighted by molar-refractivity contribution is 0.781. The van der Waals surface area contributed by atoms with E-state index in [4.69, 9.17) is 6.57 Å². The monoisotopic (exact) mass is 235 g/mol. The van der Waals surface area contributed by atoms with Gasteiger partial charge in [0.2, 0.25) is 5.54 Å². The van der Waals surface area contributed by atoms with E-state index in [0.717, 1.165) is 23.7 Å². The molecule has 1 aliphatic rings. The highest BCUT2D eigenvalue weighted by Gasteiger charge is 2.50. The molecule has 0 saturated heterocycles. The van der Waals surface area contributed by atoms with Crippen molar-refractivity contribution in [3.05, 3.63) is 45.7 Å². The SMILES string of the molecule is [C-]#[N+]C1(Cc2ccc(Br)cc2)CC1. The van der Waals surface area contributed by atoms with Crippen LogP contribution in [0, 0.1) is 6.57 Å². The lowest BCUT2D eigenvalue weighted by atomic mass is 10.1. The maximum absolute atomic E-state index is 7.08. The molecule has 1 saturated carbocycles. The summed E-state index contributed by atoms with van der Waals surface area (Å²) in [7, 11) is 0. The van der Waals surface area contributed by atoms with Gasteiger partial charge in [0, 0.05) is 17.3 Å². The average Bonchev–Trinajstić information content (AvgIpc) is 2.90. The fourth-order valence-electron chi connectivity index (χ4n) is 1.45. The van der Waals surface area contributed by atoms with Gasteiger partial charge in [-0.2, -0.15) is 0 Å². The van der Waals surface area contributed by atoms with E-state index in [2.05, 4.69) is 32.9 Å². The number of hydrogen-bond donors (Lipinski definition) is 0. The summed E-state index contributed by atoms with van der Waals surface area (Å²) in [6.45, 7) is 7.08. The van der Waals surface area contributed by atoms with Crippen molar-refractivity contribution in [1.82, 2.24) is 0 Å². The molecule has 1 aromatic carbocycles. The fraction of sp³-hybridized carbons (Fsp3) is 0.364. The number of halogens is 1. The van der Waals surface area contributed by atoms with Crippen molar-refractivity contribution in [2.24, 2.45) is 0 Å². The first-order valence-corrected chi connectivity index (χ1v) is 5.16. The van der Waals surface area contributed by atoms with E-state index in [0.29, 0.717) is 0 Å². The second kappa shape index (κ2) is 3.16. The second-order valence-corrected chi connectivity index (χ2v) is 4.56. The van der Waals surface area contributed by atoms with Gasteiger partial charge in [-0.1, -0.05) is 28.1 Å². The molecule has 1 aromatic rings. The highest BCUT2D eigenvalue weighted by molar-refractivity contribution is 9.10. The van der Waals surface area contributed by atoms with Gasteiger partial charge < -0.3 is 4.85 Å². The van der Waals surface area contributed by atoms with Crippen molar-refractivity contribution < 1.29 is 0 Å². The Morgan fingerprint density at radius 1 is 1.31 bits per heavy atom. The van der Waals surface area contributed by atoms with Crippen LogP contribution in [0.2, 0.25) is 0 Å². The maximum atomic E-state index is 7.08. The molecule has 0 atom stereocenters. The van der Waals surface area contributed by atoms with E-state index in [-0.39, 0.29) is 5.54 Å². The molecule has 1 fully saturated rings. The van der Waals surface area contributed by atoms with Gasteiger partial charge in [0.15, 0.2) is 0 Å². The van der Waals surface area contributed by atoms with Crippen molar-refractivity contribution in [3.63, 3.8) is 0 Å². The van der Waals surface area contributed by atoms with E-state index in [1.54, 1.807) is 0 Å². The van der Waals surface area contributed by atoms with E-state index < -0.39 is 0 Å². The first-order chi connectivity index (χ1) is 6.24. The van der Waals surface area contributed by atoms with Crippen LogP contribution in [0.25, 0.3) is 4.85 Å². The molecule has 2 rings (SSSR count). The Morgan fingerprint density at radius 2 is 1.92 bits per heavy atom. The quantitative estimate of drug-likeness (QED) is 0.693.